The van der Waals surface area contributed by atoms with Gasteiger partial charge in [0.05, 0.1) is 6.61 Å². The molecule has 0 aliphatic carbocycles. The fourth-order valence-electron chi connectivity index (χ4n) is 1.59. The van der Waals surface area contributed by atoms with Crippen LogP contribution in [0.1, 0.15) is 18.2 Å². The normalized spacial score (nSPS) is 10.4. The highest BCUT2D eigenvalue weighted by Gasteiger charge is 2.09. The zero-order chi connectivity index (χ0) is 14.5. The van der Waals surface area contributed by atoms with Crippen LogP contribution in [0.5, 0.6) is 6.01 Å². The highest BCUT2D eigenvalue weighted by molar-refractivity contribution is 7.99. The van der Waals surface area contributed by atoms with E-state index in [-0.39, 0.29) is 12.0 Å². The number of hydrazine groups is 1. The van der Waals surface area contributed by atoms with Crippen molar-refractivity contribution in [2.45, 2.75) is 31.0 Å². The van der Waals surface area contributed by atoms with Gasteiger partial charge in [-0.15, -0.1) is 0 Å². The molecule has 20 heavy (non-hydrogen) atoms. The fraction of sp³-hybridized carbons (Fsp3) is 0.333. The van der Waals surface area contributed by atoms with Crippen LogP contribution in [0.25, 0.3) is 0 Å². The Balaban J connectivity index is 2.29. The van der Waals surface area contributed by atoms with Crippen molar-refractivity contribution in [2.24, 2.45) is 5.84 Å². The van der Waals surface area contributed by atoms with Gasteiger partial charge in [-0.2, -0.15) is 15.0 Å². The van der Waals surface area contributed by atoms with Gasteiger partial charge in [-0.25, -0.2) is 10.8 Å². The predicted molar refractivity (Wildman–Crippen MR) is 76.6 cm³/mol. The van der Waals surface area contributed by atoms with Gasteiger partial charge in [0, 0.05) is 5.69 Å². The summed E-state index contributed by atoms with van der Waals surface area (Å²) in [6, 6.07) is 4.22. The second-order valence-electron chi connectivity index (χ2n) is 4.03. The first-order valence-corrected chi connectivity index (χ1v) is 6.91. The van der Waals surface area contributed by atoms with Crippen molar-refractivity contribution in [3.8, 4) is 6.01 Å². The molecule has 3 N–H and O–H groups in total. The Bertz CT molecular complexity index is 586. The molecule has 0 saturated heterocycles. The van der Waals surface area contributed by atoms with E-state index in [4.69, 9.17) is 10.6 Å². The fourth-order valence-corrected chi connectivity index (χ4v) is 2.47. The van der Waals surface area contributed by atoms with Crippen LogP contribution in [0, 0.1) is 13.8 Å². The van der Waals surface area contributed by atoms with Gasteiger partial charge in [-0.05, 0) is 50.2 Å². The molecule has 2 heterocycles. The number of hydrogen-bond acceptors (Lipinski definition) is 8. The molecule has 0 fully saturated rings. The lowest BCUT2D eigenvalue weighted by molar-refractivity contribution is 0.308. The number of ether oxygens (including phenoxy) is 1. The first-order valence-electron chi connectivity index (χ1n) is 6.09. The summed E-state index contributed by atoms with van der Waals surface area (Å²) < 4.78 is 5.28. The van der Waals surface area contributed by atoms with Gasteiger partial charge in [0.15, 0.2) is 0 Å². The number of aromatic nitrogens is 4. The summed E-state index contributed by atoms with van der Waals surface area (Å²) in [6.45, 7) is 6.30. The standard InChI is InChI=1S/C12H16N6OS/c1-4-19-11-15-10(18-13)16-12(17-11)20-9-6-7(2)5-8(3)14-9/h5-6H,4,13H2,1-3H3,(H,15,16,17,18). The van der Waals surface area contributed by atoms with Gasteiger partial charge >= 0.3 is 6.01 Å². The highest BCUT2D eigenvalue weighted by atomic mass is 32.2. The molecule has 2 aromatic rings. The number of nitrogens with one attached hydrogen (secondary N) is 1. The summed E-state index contributed by atoms with van der Waals surface area (Å²) in [5.41, 5.74) is 4.48. The van der Waals surface area contributed by atoms with Crippen molar-refractivity contribution >= 4 is 17.7 Å². The van der Waals surface area contributed by atoms with Crippen LogP contribution >= 0.6 is 11.8 Å². The number of pyridine rings is 1. The lowest BCUT2D eigenvalue weighted by Gasteiger charge is -2.06. The molecular formula is C12H16N6OS. The summed E-state index contributed by atoms with van der Waals surface area (Å²) in [5, 5.41) is 1.30. The van der Waals surface area contributed by atoms with Crippen LogP contribution < -0.4 is 16.0 Å². The van der Waals surface area contributed by atoms with E-state index in [0.717, 1.165) is 16.3 Å². The minimum atomic E-state index is 0.238. The quantitative estimate of drug-likeness (QED) is 0.635. The van der Waals surface area contributed by atoms with Gasteiger partial charge < -0.3 is 4.74 Å². The zero-order valence-corrected chi connectivity index (χ0v) is 12.4. The summed E-state index contributed by atoms with van der Waals surface area (Å²) in [6.07, 6.45) is 0. The van der Waals surface area contributed by atoms with E-state index in [1.54, 1.807) is 0 Å². The minimum absolute atomic E-state index is 0.238. The molecule has 0 spiro atoms. The Kier molecular flexibility index (Phi) is 4.70. The van der Waals surface area contributed by atoms with Gasteiger partial charge in [0.25, 0.3) is 0 Å². The monoisotopic (exact) mass is 292 g/mol. The molecule has 106 valence electrons. The first-order chi connectivity index (χ1) is 9.60. The van der Waals surface area contributed by atoms with E-state index in [0.29, 0.717) is 11.8 Å². The Morgan fingerprint density at radius 2 is 2.00 bits per heavy atom. The predicted octanol–water partition coefficient (Wildman–Crippen LogP) is 1.72. The molecule has 0 aliphatic heterocycles. The third kappa shape index (κ3) is 3.78. The second-order valence-corrected chi connectivity index (χ2v) is 5.02. The molecule has 0 saturated carbocycles. The maximum absolute atomic E-state index is 5.34. The molecule has 0 bridgehead atoms. The minimum Gasteiger partial charge on any atom is -0.464 e. The molecule has 0 radical (unpaired) electrons. The molecule has 0 amide bonds. The van der Waals surface area contributed by atoms with Crippen LogP contribution in [0.4, 0.5) is 5.95 Å². The van der Waals surface area contributed by atoms with Crippen molar-refractivity contribution in [3.05, 3.63) is 23.4 Å². The summed E-state index contributed by atoms with van der Waals surface area (Å²) >= 11 is 1.34. The number of nitrogens with zero attached hydrogens (tertiary/aromatic N) is 4. The summed E-state index contributed by atoms with van der Waals surface area (Å²) in [4.78, 5) is 16.8. The Morgan fingerprint density at radius 3 is 2.65 bits per heavy atom. The molecule has 2 rings (SSSR count). The van der Waals surface area contributed by atoms with Crippen molar-refractivity contribution in [3.63, 3.8) is 0 Å². The highest BCUT2D eigenvalue weighted by Crippen LogP contribution is 2.25. The third-order valence-electron chi connectivity index (χ3n) is 2.27. The Morgan fingerprint density at radius 1 is 1.20 bits per heavy atom. The number of nitrogens with two attached hydrogens (primary N) is 1. The summed E-state index contributed by atoms with van der Waals surface area (Å²) in [7, 11) is 0. The van der Waals surface area contributed by atoms with Gasteiger partial charge in [0.2, 0.25) is 11.1 Å². The lowest BCUT2D eigenvalue weighted by Crippen LogP contribution is -2.12. The van der Waals surface area contributed by atoms with Crippen molar-refractivity contribution < 1.29 is 4.74 Å². The van der Waals surface area contributed by atoms with E-state index in [9.17, 15) is 0 Å². The SMILES string of the molecule is CCOc1nc(NN)nc(Sc2cc(C)cc(C)n2)n1. The number of aryl methyl sites for hydroxylation is 2. The molecular weight excluding hydrogens is 276 g/mol. The topological polar surface area (TPSA) is 98.8 Å². The maximum Gasteiger partial charge on any atom is 0.322 e. The smallest absolute Gasteiger partial charge is 0.322 e. The van der Waals surface area contributed by atoms with Crippen LogP contribution in [-0.4, -0.2) is 26.5 Å². The summed E-state index contributed by atoms with van der Waals surface area (Å²) in [5.74, 6) is 5.60. The average molecular weight is 292 g/mol. The molecule has 0 unspecified atom stereocenters. The van der Waals surface area contributed by atoms with Crippen molar-refractivity contribution in [2.75, 3.05) is 12.0 Å². The van der Waals surface area contributed by atoms with Crippen LogP contribution in [0.15, 0.2) is 22.3 Å². The molecule has 0 aliphatic rings. The average Bonchev–Trinajstić information content (AvgIpc) is 2.37. The van der Waals surface area contributed by atoms with E-state index in [1.165, 1.54) is 11.8 Å². The van der Waals surface area contributed by atoms with Gasteiger partial charge in [-0.3, -0.25) is 5.43 Å². The molecule has 8 heteroatoms. The van der Waals surface area contributed by atoms with E-state index >= 15 is 0 Å². The molecule has 2 aromatic heterocycles. The number of rotatable bonds is 5. The van der Waals surface area contributed by atoms with E-state index in [2.05, 4.69) is 25.4 Å². The largest absolute Gasteiger partial charge is 0.464 e. The second kappa shape index (κ2) is 6.49. The molecule has 0 atom stereocenters. The maximum atomic E-state index is 5.34. The Labute approximate surface area is 121 Å². The number of nitrogen functional groups attached to an aromatic ring is 1. The first kappa shape index (κ1) is 14.5. The number of anilines is 1. The van der Waals surface area contributed by atoms with Crippen LogP contribution in [0.3, 0.4) is 0 Å². The van der Waals surface area contributed by atoms with Gasteiger partial charge in [-0.1, -0.05) is 0 Å². The zero-order valence-electron chi connectivity index (χ0n) is 11.5. The Hall–Kier alpha value is -1.93. The molecule has 0 aromatic carbocycles. The van der Waals surface area contributed by atoms with Crippen molar-refractivity contribution in [1.82, 2.24) is 19.9 Å². The third-order valence-corrected chi connectivity index (χ3v) is 3.05. The number of hydrogen-bond donors (Lipinski definition) is 2. The van der Waals surface area contributed by atoms with Crippen LogP contribution in [-0.2, 0) is 0 Å². The van der Waals surface area contributed by atoms with Gasteiger partial charge in [0.1, 0.15) is 5.03 Å². The molecule has 7 nitrogen and oxygen atoms in total. The van der Waals surface area contributed by atoms with E-state index < -0.39 is 0 Å². The van der Waals surface area contributed by atoms with E-state index in [1.807, 2.05) is 32.9 Å². The van der Waals surface area contributed by atoms with Crippen molar-refractivity contribution in [1.29, 1.82) is 0 Å². The van der Waals surface area contributed by atoms with Crippen LogP contribution in [0.2, 0.25) is 0 Å². The lowest BCUT2D eigenvalue weighted by atomic mass is 10.3.